The molecule has 3 aromatic rings. The molecule has 0 aliphatic heterocycles. The van der Waals surface area contributed by atoms with E-state index in [4.69, 9.17) is 0 Å². The van der Waals surface area contributed by atoms with Gasteiger partial charge in [-0.3, -0.25) is 9.59 Å². The van der Waals surface area contributed by atoms with Crippen LogP contribution in [0.15, 0.2) is 54.6 Å². The Labute approximate surface area is 162 Å². The van der Waals surface area contributed by atoms with Gasteiger partial charge in [0.2, 0.25) is 0 Å². The molecule has 2 amide bonds. The van der Waals surface area contributed by atoms with E-state index in [9.17, 15) is 14.0 Å². The molecule has 1 heterocycles. The zero-order valence-electron chi connectivity index (χ0n) is 15.8. The molecule has 0 saturated heterocycles. The van der Waals surface area contributed by atoms with E-state index in [2.05, 4.69) is 15.6 Å². The highest BCUT2D eigenvalue weighted by atomic mass is 19.1. The van der Waals surface area contributed by atoms with Crippen LogP contribution in [0.25, 0.3) is 0 Å². The van der Waals surface area contributed by atoms with E-state index in [0.717, 1.165) is 22.4 Å². The van der Waals surface area contributed by atoms with E-state index in [0.29, 0.717) is 5.69 Å². The lowest BCUT2D eigenvalue weighted by atomic mass is 10.0. The highest BCUT2D eigenvalue weighted by Crippen LogP contribution is 2.22. The zero-order chi connectivity index (χ0) is 20.3. The summed E-state index contributed by atoms with van der Waals surface area (Å²) in [5, 5.41) is 5.43. The van der Waals surface area contributed by atoms with Gasteiger partial charge in [-0.25, -0.2) is 9.37 Å². The van der Waals surface area contributed by atoms with Gasteiger partial charge in [0.05, 0.1) is 0 Å². The Kier molecular flexibility index (Phi) is 5.49. The van der Waals surface area contributed by atoms with E-state index in [1.165, 1.54) is 30.3 Å². The van der Waals surface area contributed by atoms with E-state index in [-0.39, 0.29) is 11.4 Å². The summed E-state index contributed by atoms with van der Waals surface area (Å²) in [5.41, 5.74) is 4.24. The summed E-state index contributed by atoms with van der Waals surface area (Å²) in [5.74, 6) is -1.39. The molecule has 5 nitrogen and oxygen atoms in total. The second kappa shape index (κ2) is 8.00. The first kappa shape index (κ1) is 19.2. The predicted octanol–water partition coefficient (Wildman–Crippen LogP) is 4.65. The van der Waals surface area contributed by atoms with Crippen LogP contribution in [0.1, 0.15) is 37.7 Å². The van der Waals surface area contributed by atoms with Crippen molar-refractivity contribution in [3.63, 3.8) is 0 Å². The van der Waals surface area contributed by atoms with Crippen LogP contribution in [0.2, 0.25) is 0 Å². The van der Waals surface area contributed by atoms with Crippen LogP contribution in [0.5, 0.6) is 0 Å². The van der Waals surface area contributed by atoms with Crippen molar-refractivity contribution < 1.29 is 14.0 Å². The maximum atomic E-state index is 13.3. The molecule has 0 bridgehead atoms. The third-order valence-corrected chi connectivity index (χ3v) is 4.21. The molecule has 0 saturated carbocycles. The summed E-state index contributed by atoms with van der Waals surface area (Å²) in [6, 6.07) is 14.1. The highest BCUT2D eigenvalue weighted by molar-refractivity contribution is 6.06. The van der Waals surface area contributed by atoms with Crippen LogP contribution in [0.4, 0.5) is 15.8 Å². The molecule has 0 atom stereocenters. The molecular weight excluding hydrogens is 357 g/mol. The Morgan fingerprint density at radius 3 is 2.00 bits per heavy atom. The normalized spacial score (nSPS) is 10.4. The lowest BCUT2D eigenvalue weighted by Crippen LogP contribution is -2.19. The van der Waals surface area contributed by atoms with Crippen molar-refractivity contribution in [2.24, 2.45) is 0 Å². The SMILES string of the molecule is Cc1cc(C)c(NC(=O)c2cccc(C(=O)Nc3cccc(F)c3)n2)c(C)c1. The summed E-state index contributed by atoms with van der Waals surface area (Å²) in [6.07, 6.45) is 0. The Morgan fingerprint density at radius 2 is 1.39 bits per heavy atom. The van der Waals surface area contributed by atoms with Crippen molar-refractivity contribution in [1.29, 1.82) is 0 Å². The number of aryl methyl sites for hydroxylation is 3. The Morgan fingerprint density at radius 1 is 0.821 bits per heavy atom. The highest BCUT2D eigenvalue weighted by Gasteiger charge is 2.15. The smallest absolute Gasteiger partial charge is 0.274 e. The van der Waals surface area contributed by atoms with E-state index in [1.807, 2.05) is 32.9 Å². The van der Waals surface area contributed by atoms with Gasteiger partial charge in [0.25, 0.3) is 11.8 Å². The number of anilines is 2. The summed E-state index contributed by atoms with van der Waals surface area (Å²) >= 11 is 0. The van der Waals surface area contributed by atoms with Crippen LogP contribution in [0, 0.1) is 26.6 Å². The zero-order valence-corrected chi connectivity index (χ0v) is 15.8. The minimum Gasteiger partial charge on any atom is -0.321 e. The lowest BCUT2D eigenvalue weighted by molar-refractivity contribution is 0.101. The van der Waals surface area contributed by atoms with Gasteiger partial charge in [0.15, 0.2) is 0 Å². The summed E-state index contributed by atoms with van der Waals surface area (Å²) in [6.45, 7) is 5.84. The van der Waals surface area contributed by atoms with Crippen molar-refractivity contribution in [2.45, 2.75) is 20.8 Å². The molecule has 0 unspecified atom stereocenters. The van der Waals surface area contributed by atoms with Crippen molar-refractivity contribution >= 4 is 23.2 Å². The van der Waals surface area contributed by atoms with Crippen LogP contribution in [-0.4, -0.2) is 16.8 Å². The Balaban J connectivity index is 1.79. The second-order valence-corrected chi connectivity index (χ2v) is 6.60. The second-order valence-electron chi connectivity index (χ2n) is 6.60. The first-order chi connectivity index (χ1) is 13.3. The van der Waals surface area contributed by atoms with E-state index < -0.39 is 17.6 Å². The number of carbonyl (C=O) groups is 2. The fraction of sp³-hybridized carbons (Fsp3) is 0.136. The molecule has 2 aromatic carbocycles. The number of hydrogen-bond donors (Lipinski definition) is 2. The summed E-state index contributed by atoms with van der Waals surface area (Å²) in [4.78, 5) is 29.1. The summed E-state index contributed by atoms with van der Waals surface area (Å²) < 4.78 is 13.3. The number of pyridine rings is 1. The van der Waals surface area contributed by atoms with Gasteiger partial charge >= 0.3 is 0 Å². The Bertz CT molecular complexity index is 1040. The molecule has 0 fully saturated rings. The standard InChI is InChI=1S/C22H20FN3O2/c1-13-10-14(2)20(15(3)11-13)26-22(28)19-9-5-8-18(25-19)21(27)24-17-7-4-6-16(23)12-17/h4-12H,1-3H3,(H,24,27)(H,26,28). The maximum absolute atomic E-state index is 13.3. The van der Waals surface area contributed by atoms with Crippen LogP contribution in [-0.2, 0) is 0 Å². The number of carbonyl (C=O) groups excluding carboxylic acids is 2. The number of nitrogens with zero attached hydrogens (tertiary/aromatic N) is 1. The maximum Gasteiger partial charge on any atom is 0.274 e. The van der Waals surface area contributed by atoms with E-state index in [1.54, 1.807) is 12.1 Å². The van der Waals surface area contributed by atoms with Crippen LogP contribution < -0.4 is 10.6 Å². The third kappa shape index (κ3) is 4.40. The molecule has 1 aromatic heterocycles. The van der Waals surface area contributed by atoms with Gasteiger partial charge < -0.3 is 10.6 Å². The first-order valence-corrected chi connectivity index (χ1v) is 8.76. The van der Waals surface area contributed by atoms with Crippen molar-refractivity contribution in [2.75, 3.05) is 10.6 Å². The molecule has 0 radical (unpaired) electrons. The van der Waals surface area contributed by atoms with Gasteiger partial charge in [-0.05, 0) is 62.2 Å². The van der Waals surface area contributed by atoms with Gasteiger partial charge in [-0.1, -0.05) is 29.8 Å². The Hall–Kier alpha value is -3.54. The number of nitrogens with one attached hydrogen (secondary N) is 2. The molecule has 0 spiro atoms. The average Bonchev–Trinajstić information content (AvgIpc) is 2.64. The van der Waals surface area contributed by atoms with Crippen LogP contribution in [0.3, 0.4) is 0 Å². The van der Waals surface area contributed by atoms with E-state index >= 15 is 0 Å². The molecule has 2 N–H and O–H groups in total. The number of amides is 2. The molecule has 6 heteroatoms. The van der Waals surface area contributed by atoms with Crippen LogP contribution >= 0.6 is 0 Å². The fourth-order valence-electron chi connectivity index (χ4n) is 3.00. The number of aromatic nitrogens is 1. The molecule has 0 aliphatic rings. The van der Waals surface area contributed by atoms with Gasteiger partial charge in [0.1, 0.15) is 17.2 Å². The van der Waals surface area contributed by atoms with Crippen molar-refractivity contribution in [1.82, 2.24) is 4.98 Å². The molecule has 0 aliphatic carbocycles. The first-order valence-electron chi connectivity index (χ1n) is 8.76. The third-order valence-electron chi connectivity index (χ3n) is 4.21. The molecule has 28 heavy (non-hydrogen) atoms. The number of rotatable bonds is 4. The molecule has 142 valence electrons. The fourth-order valence-corrected chi connectivity index (χ4v) is 3.00. The quantitative estimate of drug-likeness (QED) is 0.695. The van der Waals surface area contributed by atoms with Crippen molar-refractivity contribution in [3.05, 3.63) is 88.5 Å². The van der Waals surface area contributed by atoms with Gasteiger partial charge in [0, 0.05) is 11.4 Å². The molecule has 3 rings (SSSR count). The number of halogens is 1. The molecular formula is C22H20FN3O2. The lowest BCUT2D eigenvalue weighted by Gasteiger charge is -2.13. The monoisotopic (exact) mass is 377 g/mol. The van der Waals surface area contributed by atoms with Crippen molar-refractivity contribution in [3.8, 4) is 0 Å². The minimum absolute atomic E-state index is 0.0641. The number of benzene rings is 2. The minimum atomic E-state index is -0.525. The predicted molar refractivity (Wildman–Crippen MR) is 107 cm³/mol. The van der Waals surface area contributed by atoms with Gasteiger partial charge in [-0.15, -0.1) is 0 Å². The average molecular weight is 377 g/mol. The largest absolute Gasteiger partial charge is 0.321 e. The summed E-state index contributed by atoms with van der Waals surface area (Å²) in [7, 11) is 0. The van der Waals surface area contributed by atoms with Gasteiger partial charge in [-0.2, -0.15) is 0 Å². The number of hydrogen-bond acceptors (Lipinski definition) is 3. The topological polar surface area (TPSA) is 71.1 Å².